The lowest BCUT2D eigenvalue weighted by atomic mass is 10.0. The van der Waals surface area contributed by atoms with E-state index in [0.29, 0.717) is 29.9 Å². The van der Waals surface area contributed by atoms with Gasteiger partial charge in [0, 0.05) is 30.0 Å². The van der Waals surface area contributed by atoms with Gasteiger partial charge in [0.05, 0.1) is 7.11 Å². The number of rotatable bonds is 9. The minimum atomic E-state index is -2.86. The number of aryl methyl sites for hydroxylation is 1. The van der Waals surface area contributed by atoms with Crippen molar-refractivity contribution in [3.8, 4) is 11.5 Å². The molecule has 8 heteroatoms. The molecule has 0 aliphatic carbocycles. The number of alkyl halides is 2. The second-order valence-corrected chi connectivity index (χ2v) is 6.98. The van der Waals surface area contributed by atoms with Gasteiger partial charge in [0.15, 0.2) is 0 Å². The van der Waals surface area contributed by atoms with Gasteiger partial charge in [-0.1, -0.05) is 12.1 Å². The second-order valence-electron chi connectivity index (χ2n) is 6.98. The SMILES string of the molecule is COc1ccc2c(C)c(CCC(=O)NCCc3ccc(OC(F)F)cc3)c(=O)oc2c1. The second kappa shape index (κ2) is 10.1. The van der Waals surface area contributed by atoms with E-state index in [9.17, 15) is 18.4 Å². The Labute approximate surface area is 177 Å². The normalized spacial score (nSPS) is 11.0. The number of hydrogen-bond donors (Lipinski definition) is 1. The van der Waals surface area contributed by atoms with Crippen LogP contribution in [0.1, 0.15) is 23.1 Å². The highest BCUT2D eigenvalue weighted by Gasteiger charge is 2.13. The summed E-state index contributed by atoms with van der Waals surface area (Å²) < 4.78 is 39.2. The third-order valence-electron chi connectivity index (χ3n) is 4.98. The number of nitrogens with one attached hydrogen (secondary N) is 1. The van der Waals surface area contributed by atoms with Crippen LogP contribution in [0.2, 0.25) is 0 Å². The van der Waals surface area contributed by atoms with E-state index in [0.717, 1.165) is 16.5 Å². The predicted molar refractivity (Wildman–Crippen MR) is 112 cm³/mol. The molecule has 6 nitrogen and oxygen atoms in total. The van der Waals surface area contributed by atoms with Gasteiger partial charge in [-0.25, -0.2) is 4.79 Å². The Morgan fingerprint density at radius 1 is 1.10 bits per heavy atom. The lowest BCUT2D eigenvalue weighted by molar-refractivity contribution is -0.121. The Kier molecular flexibility index (Phi) is 7.23. The molecule has 3 aromatic rings. The van der Waals surface area contributed by atoms with Crippen LogP contribution in [0.15, 0.2) is 51.7 Å². The van der Waals surface area contributed by atoms with Gasteiger partial charge < -0.3 is 19.2 Å². The number of ether oxygens (including phenoxy) is 2. The summed E-state index contributed by atoms with van der Waals surface area (Å²) in [6, 6.07) is 11.5. The third kappa shape index (κ3) is 5.81. The molecular formula is C23H23F2NO5. The smallest absolute Gasteiger partial charge is 0.387 e. The fraction of sp³-hybridized carbons (Fsp3) is 0.304. The molecule has 0 saturated heterocycles. The van der Waals surface area contributed by atoms with Crippen LogP contribution in [-0.4, -0.2) is 26.2 Å². The minimum absolute atomic E-state index is 0.0887. The number of benzene rings is 2. The fourth-order valence-electron chi connectivity index (χ4n) is 3.30. The summed E-state index contributed by atoms with van der Waals surface area (Å²) in [5.74, 6) is 0.496. The van der Waals surface area contributed by atoms with Crippen LogP contribution >= 0.6 is 0 Å². The number of halogens is 2. The van der Waals surface area contributed by atoms with Crippen LogP contribution < -0.4 is 20.4 Å². The molecule has 3 rings (SSSR count). The molecule has 1 amide bonds. The minimum Gasteiger partial charge on any atom is -0.497 e. The Bertz CT molecular complexity index is 1110. The zero-order chi connectivity index (χ0) is 22.4. The largest absolute Gasteiger partial charge is 0.497 e. The lowest BCUT2D eigenvalue weighted by Crippen LogP contribution is -2.26. The van der Waals surface area contributed by atoms with Crippen molar-refractivity contribution < 1.29 is 27.5 Å². The lowest BCUT2D eigenvalue weighted by Gasteiger charge is -2.09. The van der Waals surface area contributed by atoms with Crippen LogP contribution in [0.4, 0.5) is 8.78 Å². The van der Waals surface area contributed by atoms with Crippen LogP contribution in [0.25, 0.3) is 11.0 Å². The van der Waals surface area contributed by atoms with Crippen LogP contribution in [0.5, 0.6) is 11.5 Å². The number of carbonyl (C=O) groups excluding carboxylic acids is 1. The third-order valence-corrected chi connectivity index (χ3v) is 4.98. The number of hydrogen-bond acceptors (Lipinski definition) is 5. The topological polar surface area (TPSA) is 77.8 Å². The highest BCUT2D eigenvalue weighted by atomic mass is 19.3. The average Bonchev–Trinajstić information content (AvgIpc) is 2.74. The molecule has 1 aromatic heterocycles. The van der Waals surface area contributed by atoms with Crippen LogP contribution in [0, 0.1) is 6.92 Å². The molecule has 0 unspecified atom stereocenters. The molecule has 31 heavy (non-hydrogen) atoms. The van der Waals surface area contributed by atoms with Crippen molar-refractivity contribution in [3.63, 3.8) is 0 Å². The van der Waals surface area contributed by atoms with Gasteiger partial charge in [0.25, 0.3) is 0 Å². The van der Waals surface area contributed by atoms with E-state index in [1.807, 2.05) is 13.0 Å². The first kappa shape index (κ1) is 22.3. The monoisotopic (exact) mass is 431 g/mol. The van der Waals surface area contributed by atoms with Crippen molar-refractivity contribution in [1.29, 1.82) is 0 Å². The van der Waals surface area contributed by atoms with Gasteiger partial charge in [-0.2, -0.15) is 8.78 Å². The zero-order valence-electron chi connectivity index (χ0n) is 17.2. The van der Waals surface area contributed by atoms with Crippen molar-refractivity contribution in [2.24, 2.45) is 0 Å². The summed E-state index contributed by atoms with van der Waals surface area (Å²) in [6.45, 7) is -0.638. The molecule has 0 aliphatic heterocycles. The Morgan fingerprint density at radius 3 is 2.48 bits per heavy atom. The number of methoxy groups -OCH3 is 1. The fourth-order valence-corrected chi connectivity index (χ4v) is 3.30. The Balaban J connectivity index is 1.53. The Morgan fingerprint density at radius 2 is 1.81 bits per heavy atom. The van der Waals surface area contributed by atoms with Gasteiger partial charge in [-0.15, -0.1) is 0 Å². The molecule has 0 saturated carbocycles. The standard InChI is InChI=1S/C23H23F2NO5/c1-14-18-8-7-17(29-2)13-20(18)31-22(28)19(14)9-10-21(27)26-12-11-15-3-5-16(6-4-15)30-23(24)25/h3-8,13,23H,9-12H2,1-2H3,(H,26,27). The molecule has 0 bridgehead atoms. The van der Waals surface area contributed by atoms with E-state index in [4.69, 9.17) is 9.15 Å². The number of carbonyl (C=O) groups is 1. The first-order valence-electron chi connectivity index (χ1n) is 9.78. The van der Waals surface area contributed by atoms with Gasteiger partial charge in [-0.3, -0.25) is 4.79 Å². The predicted octanol–water partition coefficient (Wildman–Crippen LogP) is 4.00. The molecule has 0 aliphatic rings. The van der Waals surface area contributed by atoms with Gasteiger partial charge in [0.1, 0.15) is 17.1 Å². The summed E-state index contributed by atoms with van der Waals surface area (Å²) >= 11 is 0. The van der Waals surface area contributed by atoms with Crippen molar-refractivity contribution >= 4 is 16.9 Å². The first-order chi connectivity index (χ1) is 14.9. The number of amides is 1. The van der Waals surface area contributed by atoms with E-state index < -0.39 is 12.2 Å². The van der Waals surface area contributed by atoms with E-state index in [1.54, 1.807) is 24.3 Å². The number of fused-ring (bicyclic) bond motifs is 1. The first-order valence-corrected chi connectivity index (χ1v) is 9.78. The summed E-state index contributed by atoms with van der Waals surface area (Å²) in [5, 5.41) is 3.60. The average molecular weight is 431 g/mol. The van der Waals surface area contributed by atoms with Crippen molar-refractivity contribution in [2.75, 3.05) is 13.7 Å². The highest BCUT2D eigenvalue weighted by Crippen LogP contribution is 2.24. The Hall–Kier alpha value is -3.42. The zero-order valence-corrected chi connectivity index (χ0v) is 17.2. The van der Waals surface area contributed by atoms with E-state index >= 15 is 0 Å². The maximum atomic E-state index is 12.4. The molecular weight excluding hydrogens is 408 g/mol. The quantitative estimate of drug-likeness (QED) is 0.518. The summed E-state index contributed by atoms with van der Waals surface area (Å²) in [4.78, 5) is 24.6. The molecule has 0 radical (unpaired) electrons. The van der Waals surface area contributed by atoms with E-state index in [-0.39, 0.29) is 24.5 Å². The highest BCUT2D eigenvalue weighted by molar-refractivity contribution is 5.82. The molecule has 0 spiro atoms. The maximum absolute atomic E-state index is 12.4. The van der Waals surface area contributed by atoms with Crippen molar-refractivity contribution in [2.45, 2.75) is 32.8 Å². The van der Waals surface area contributed by atoms with Gasteiger partial charge in [-0.05, 0) is 55.2 Å². The van der Waals surface area contributed by atoms with Crippen LogP contribution in [0.3, 0.4) is 0 Å². The molecule has 0 atom stereocenters. The van der Waals surface area contributed by atoms with Crippen molar-refractivity contribution in [3.05, 3.63) is 69.6 Å². The molecule has 164 valence electrons. The summed E-state index contributed by atoms with van der Waals surface area (Å²) in [5.41, 5.74) is 2.12. The summed E-state index contributed by atoms with van der Waals surface area (Å²) in [7, 11) is 1.54. The van der Waals surface area contributed by atoms with Crippen LogP contribution in [-0.2, 0) is 17.6 Å². The molecule has 0 fully saturated rings. The van der Waals surface area contributed by atoms with E-state index in [1.165, 1.54) is 19.2 Å². The maximum Gasteiger partial charge on any atom is 0.387 e. The van der Waals surface area contributed by atoms with Gasteiger partial charge >= 0.3 is 12.2 Å². The molecule has 1 N–H and O–H groups in total. The summed E-state index contributed by atoms with van der Waals surface area (Å²) in [6.07, 6.45) is 0.954. The van der Waals surface area contributed by atoms with Crippen molar-refractivity contribution in [1.82, 2.24) is 5.32 Å². The molecule has 1 heterocycles. The van der Waals surface area contributed by atoms with E-state index in [2.05, 4.69) is 10.1 Å². The van der Waals surface area contributed by atoms with Gasteiger partial charge in [0.2, 0.25) is 5.91 Å². The molecule has 2 aromatic carbocycles.